The first-order valence-electron chi connectivity index (χ1n) is 7.48. The molecule has 19 heavy (non-hydrogen) atoms. The molecule has 1 unspecified atom stereocenters. The van der Waals surface area contributed by atoms with Crippen molar-refractivity contribution in [2.24, 2.45) is 5.73 Å². The fourth-order valence-corrected chi connectivity index (χ4v) is 6.20. The molecule has 1 heterocycles. The van der Waals surface area contributed by atoms with Crippen LogP contribution < -0.4 is 5.73 Å². The van der Waals surface area contributed by atoms with Crippen molar-refractivity contribution >= 4 is 8.56 Å². The monoisotopic (exact) mass is 291 g/mol. The topological polar surface area (TPSA) is 62.9 Å². The minimum atomic E-state index is -2.24. The Morgan fingerprint density at radius 2 is 1.84 bits per heavy atom. The fourth-order valence-electron chi connectivity index (χ4n) is 2.63. The van der Waals surface area contributed by atoms with Crippen molar-refractivity contribution in [3.05, 3.63) is 0 Å². The molecule has 1 aliphatic rings. The van der Waals surface area contributed by atoms with Gasteiger partial charge in [0.25, 0.3) is 5.97 Å². The van der Waals surface area contributed by atoms with E-state index in [0.29, 0.717) is 26.4 Å². The summed E-state index contributed by atoms with van der Waals surface area (Å²) in [7, 11) is -2.24. The normalized spacial score (nSPS) is 26.5. The van der Waals surface area contributed by atoms with Crippen LogP contribution >= 0.6 is 0 Å². The lowest BCUT2D eigenvalue weighted by Gasteiger charge is -2.45. The minimum Gasteiger partial charge on any atom is -0.394 e. The summed E-state index contributed by atoms with van der Waals surface area (Å²) in [5.41, 5.74) is 5.63. The van der Waals surface area contributed by atoms with Crippen molar-refractivity contribution in [2.45, 2.75) is 58.1 Å². The van der Waals surface area contributed by atoms with Crippen molar-refractivity contribution in [2.75, 3.05) is 26.4 Å². The Kier molecular flexibility index (Phi) is 7.49. The summed E-state index contributed by atoms with van der Waals surface area (Å²) in [5, 5.41) is 0. The SMILES string of the molecule is CCOC1(OCC)CCC[Si](CCCN)(OCC)O1. The van der Waals surface area contributed by atoms with Gasteiger partial charge in [0.05, 0.1) is 0 Å². The molecule has 0 spiro atoms. The van der Waals surface area contributed by atoms with Crippen LogP contribution in [0.5, 0.6) is 0 Å². The van der Waals surface area contributed by atoms with E-state index in [1.165, 1.54) is 0 Å². The molecule has 0 radical (unpaired) electrons. The smallest absolute Gasteiger partial charge is 0.342 e. The maximum absolute atomic E-state index is 6.30. The second-order valence-electron chi connectivity index (χ2n) is 4.74. The van der Waals surface area contributed by atoms with E-state index < -0.39 is 14.5 Å². The number of ether oxygens (including phenoxy) is 2. The van der Waals surface area contributed by atoms with Gasteiger partial charge in [0, 0.05) is 26.2 Å². The quantitative estimate of drug-likeness (QED) is 0.522. The summed E-state index contributed by atoms with van der Waals surface area (Å²) in [6, 6.07) is 1.92. The molecule has 2 N–H and O–H groups in total. The molecule has 1 fully saturated rings. The third-order valence-electron chi connectivity index (χ3n) is 3.28. The van der Waals surface area contributed by atoms with E-state index in [1.54, 1.807) is 0 Å². The summed E-state index contributed by atoms with van der Waals surface area (Å²) in [6.45, 7) is 8.43. The molecule has 6 heteroatoms. The molecular weight excluding hydrogens is 262 g/mol. The Labute approximate surface area is 118 Å². The zero-order valence-electron chi connectivity index (χ0n) is 12.6. The molecule has 5 nitrogen and oxygen atoms in total. The molecule has 1 aliphatic heterocycles. The zero-order chi connectivity index (χ0) is 14.2. The highest BCUT2D eigenvalue weighted by Crippen LogP contribution is 2.38. The van der Waals surface area contributed by atoms with Gasteiger partial charge in [-0.25, -0.2) is 0 Å². The molecule has 0 aromatic carbocycles. The molecule has 1 rings (SSSR count). The number of nitrogens with two attached hydrogens (primary N) is 1. The summed E-state index contributed by atoms with van der Waals surface area (Å²) < 4.78 is 23.9. The Morgan fingerprint density at radius 1 is 1.16 bits per heavy atom. The second kappa shape index (κ2) is 8.34. The molecule has 0 aliphatic carbocycles. The van der Waals surface area contributed by atoms with Crippen LogP contribution in [0.25, 0.3) is 0 Å². The van der Waals surface area contributed by atoms with Gasteiger partial charge in [-0.05, 0) is 52.2 Å². The summed E-state index contributed by atoms with van der Waals surface area (Å²) >= 11 is 0. The van der Waals surface area contributed by atoms with Gasteiger partial charge in [-0.15, -0.1) is 0 Å². The molecule has 1 atom stereocenters. The Bertz CT molecular complexity index is 239. The second-order valence-corrected chi connectivity index (χ2v) is 8.05. The summed E-state index contributed by atoms with van der Waals surface area (Å²) in [6.07, 6.45) is 2.73. The summed E-state index contributed by atoms with van der Waals surface area (Å²) in [5.74, 6) is -0.891. The van der Waals surface area contributed by atoms with E-state index in [2.05, 4.69) is 0 Å². The Morgan fingerprint density at radius 3 is 2.37 bits per heavy atom. The number of hydrogen-bond donors (Lipinski definition) is 1. The van der Waals surface area contributed by atoms with Gasteiger partial charge < -0.3 is 24.1 Å². The number of hydrogen-bond acceptors (Lipinski definition) is 5. The van der Waals surface area contributed by atoms with Crippen LogP contribution in [0.1, 0.15) is 40.0 Å². The average Bonchev–Trinajstić information content (AvgIpc) is 2.38. The molecule has 114 valence electrons. The standard InChI is InChI=1S/C13H29NO4Si/c1-4-15-13(16-5-2)9-7-11-19(18-13,17-6-3)12-8-10-14/h4-12,14H2,1-3H3. The molecule has 1 saturated heterocycles. The van der Waals surface area contributed by atoms with Gasteiger partial charge in [-0.3, -0.25) is 0 Å². The molecule has 0 amide bonds. The maximum atomic E-state index is 6.30. The van der Waals surface area contributed by atoms with Gasteiger partial charge in [0.2, 0.25) is 0 Å². The van der Waals surface area contributed by atoms with Crippen LogP contribution in [-0.4, -0.2) is 40.9 Å². The lowest BCUT2D eigenvalue weighted by atomic mass is 10.3. The predicted molar refractivity (Wildman–Crippen MR) is 77.0 cm³/mol. The highest BCUT2D eigenvalue weighted by molar-refractivity contribution is 6.67. The Balaban J connectivity index is 2.80. The van der Waals surface area contributed by atoms with Gasteiger partial charge in [0.15, 0.2) is 0 Å². The third kappa shape index (κ3) is 4.80. The predicted octanol–water partition coefficient (Wildman–Crippen LogP) is 2.35. The minimum absolute atomic E-state index is 0.577. The largest absolute Gasteiger partial charge is 0.394 e. The first-order chi connectivity index (χ1) is 9.16. The van der Waals surface area contributed by atoms with Crippen molar-refractivity contribution in [3.8, 4) is 0 Å². The fraction of sp³-hybridized carbons (Fsp3) is 1.00. The maximum Gasteiger partial charge on any atom is 0.342 e. The van der Waals surface area contributed by atoms with Crippen molar-refractivity contribution in [1.29, 1.82) is 0 Å². The van der Waals surface area contributed by atoms with E-state index in [0.717, 1.165) is 31.4 Å². The van der Waals surface area contributed by atoms with Crippen molar-refractivity contribution in [1.82, 2.24) is 0 Å². The van der Waals surface area contributed by atoms with E-state index >= 15 is 0 Å². The van der Waals surface area contributed by atoms with Crippen LogP contribution in [0.3, 0.4) is 0 Å². The highest BCUT2D eigenvalue weighted by atomic mass is 28.4. The zero-order valence-corrected chi connectivity index (χ0v) is 13.6. The first-order valence-corrected chi connectivity index (χ1v) is 9.71. The van der Waals surface area contributed by atoms with E-state index in [1.807, 2.05) is 20.8 Å². The lowest BCUT2D eigenvalue weighted by Crippen LogP contribution is -2.56. The van der Waals surface area contributed by atoms with Gasteiger partial charge >= 0.3 is 8.56 Å². The molecule has 0 bridgehead atoms. The van der Waals surface area contributed by atoms with Crippen LogP contribution in [0.4, 0.5) is 0 Å². The van der Waals surface area contributed by atoms with Crippen LogP contribution in [0, 0.1) is 0 Å². The van der Waals surface area contributed by atoms with Crippen molar-refractivity contribution in [3.63, 3.8) is 0 Å². The van der Waals surface area contributed by atoms with Crippen molar-refractivity contribution < 1.29 is 18.3 Å². The van der Waals surface area contributed by atoms with Crippen LogP contribution in [-0.2, 0) is 18.3 Å². The van der Waals surface area contributed by atoms with E-state index in [-0.39, 0.29) is 0 Å². The van der Waals surface area contributed by atoms with Crippen LogP contribution in [0.15, 0.2) is 0 Å². The average molecular weight is 291 g/mol. The van der Waals surface area contributed by atoms with E-state index in [9.17, 15) is 0 Å². The van der Waals surface area contributed by atoms with Gasteiger partial charge in [0.1, 0.15) is 0 Å². The van der Waals surface area contributed by atoms with Gasteiger partial charge in [-0.2, -0.15) is 0 Å². The van der Waals surface area contributed by atoms with E-state index in [4.69, 9.17) is 24.1 Å². The third-order valence-corrected chi connectivity index (χ3v) is 7.01. The lowest BCUT2D eigenvalue weighted by molar-refractivity contribution is -0.358. The molecule has 0 aromatic rings. The van der Waals surface area contributed by atoms with Gasteiger partial charge in [-0.1, -0.05) is 0 Å². The number of rotatable bonds is 9. The first kappa shape index (κ1) is 17.1. The molecular formula is C13H29NO4Si. The van der Waals surface area contributed by atoms with Crippen LogP contribution in [0.2, 0.25) is 12.1 Å². The molecule has 0 aromatic heterocycles. The Hall–Kier alpha value is 0.0169. The molecule has 0 saturated carbocycles. The highest BCUT2D eigenvalue weighted by Gasteiger charge is 2.50. The summed E-state index contributed by atoms with van der Waals surface area (Å²) in [4.78, 5) is 0.